The number of nitrogens with zero attached hydrogens (tertiary/aromatic N) is 1. The van der Waals surface area contributed by atoms with E-state index in [1.165, 1.54) is 17.0 Å². The molecule has 0 saturated carbocycles. The number of hydrogen-bond acceptors (Lipinski definition) is 3. The molecule has 0 atom stereocenters. The Kier molecular flexibility index (Phi) is 4.43. The molecule has 4 heteroatoms. The smallest absolute Gasteiger partial charge is 0.128 e. The van der Waals surface area contributed by atoms with E-state index in [-0.39, 0.29) is 5.82 Å². The van der Waals surface area contributed by atoms with E-state index >= 15 is 0 Å². The van der Waals surface area contributed by atoms with Gasteiger partial charge in [-0.25, -0.2) is 4.39 Å². The first-order valence-corrected chi connectivity index (χ1v) is 7.02. The summed E-state index contributed by atoms with van der Waals surface area (Å²) in [5, 5.41) is 11.9. The van der Waals surface area contributed by atoms with Gasteiger partial charge in [0.15, 0.2) is 0 Å². The Labute approximate surface area is 116 Å². The van der Waals surface area contributed by atoms with Gasteiger partial charge in [0.2, 0.25) is 0 Å². The maximum atomic E-state index is 13.6. The van der Waals surface area contributed by atoms with Crippen molar-refractivity contribution in [2.45, 2.75) is 11.4 Å². The molecule has 0 aromatic heterocycles. The van der Waals surface area contributed by atoms with Gasteiger partial charge in [-0.1, -0.05) is 0 Å². The van der Waals surface area contributed by atoms with Gasteiger partial charge >= 0.3 is 0 Å². The van der Waals surface area contributed by atoms with Crippen LogP contribution in [0.5, 0.6) is 0 Å². The molecule has 19 heavy (non-hydrogen) atoms. The maximum Gasteiger partial charge on any atom is 0.128 e. The van der Waals surface area contributed by atoms with Crippen molar-refractivity contribution in [1.29, 1.82) is 5.26 Å². The lowest BCUT2D eigenvalue weighted by Gasteiger charge is -2.08. The molecule has 0 saturated heterocycles. The average molecular weight is 272 g/mol. The van der Waals surface area contributed by atoms with E-state index < -0.39 is 0 Å². The van der Waals surface area contributed by atoms with Gasteiger partial charge in [0.1, 0.15) is 5.82 Å². The highest BCUT2D eigenvalue weighted by Crippen LogP contribution is 2.18. The number of rotatable bonds is 4. The standard InChI is InChI=1S/C15H13FN2S/c1-19-14-5-3-13(4-6-14)18-10-12-8-11(9-17)2-7-15(12)16/h2-8,18H,10H2,1H3. The minimum absolute atomic E-state index is 0.299. The zero-order valence-corrected chi connectivity index (χ0v) is 11.3. The molecule has 96 valence electrons. The van der Waals surface area contributed by atoms with E-state index in [2.05, 4.69) is 5.32 Å². The summed E-state index contributed by atoms with van der Waals surface area (Å²) >= 11 is 1.68. The highest BCUT2D eigenvalue weighted by molar-refractivity contribution is 7.98. The van der Waals surface area contributed by atoms with Crippen molar-refractivity contribution in [1.82, 2.24) is 0 Å². The fourth-order valence-electron chi connectivity index (χ4n) is 1.69. The third-order valence-corrected chi connectivity index (χ3v) is 3.49. The van der Waals surface area contributed by atoms with Crippen molar-refractivity contribution in [3.63, 3.8) is 0 Å². The van der Waals surface area contributed by atoms with Crippen LogP contribution in [0.1, 0.15) is 11.1 Å². The van der Waals surface area contributed by atoms with E-state index in [4.69, 9.17) is 5.26 Å². The summed E-state index contributed by atoms with van der Waals surface area (Å²) in [6.07, 6.45) is 2.02. The molecule has 2 aromatic rings. The quantitative estimate of drug-likeness (QED) is 0.853. The van der Waals surface area contributed by atoms with E-state index in [9.17, 15) is 4.39 Å². The van der Waals surface area contributed by atoms with Crippen LogP contribution in [-0.2, 0) is 6.54 Å². The first-order valence-electron chi connectivity index (χ1n) is 5.79. The van der Waals surface area contributed by atoms with Crippen LogP contribution in [0.2, 0.25) is 0 Å². The van der Waals surface area contributed by atoms with E-state index in [1.807, 2.05) is 36.6 Å². The summed E-state index contributed by atoms with van der Waals surface area (Å²) in [6.45, 7) is 0.361. The van der Waals surface area contributed by atoms with Crippen molar-refractivity contribution in [2.24, 2.45) is 0 Å². The van der Waals surface area contributed by atoms with Crippen LogP contribution in [-0.4, -0.2) is 6.26 Å². The first kappa shape index (κ1) is 13.4. The Morgan fingerprint density at radius 3 is 2.58 bits per heavy atom. The fraction of sp³-hybridized carbons (Fsp3) is 0.133. The normalized spacial score (nSPS) is 9.95. The van der Waals surface area contributed by atoms with Gasteiger partial charge in [-0.2, -0.15) is 5.26 Å². The minimum Gasteiger partial charge on any atom is -0.381 e. The number of nitrogens with one attached hydrogen (secondary N) is 1. The Hall–Kier alpha value is -1.99. The lowest BCUT2D eigenvalue weighted by atomic mass is 10.1. The minimum atomic E-state index is -0.299. The molecule has 0 spiro atoms. The molecule has 0 fully saturated rings. The van der Waals surface area contributed by atoms with E-state index in [1.54, 1.807) is 17.8 Å². The molecule has 2 rings (SSSR count). The number of benzene rings is 2. The second-order valence-corrected chi connectivity index (χ2v) is 4.88. The summed E-state index contributed by atoms with van der Waals surface area (Å²) in [5.74, 6) is -0.299. The summed E-state index contributed by atoms with van der Waals surface area (Å²) < 4.78 is 13.6. The van der Waals surface area contributed by atoms with Gasteiger partial charge in [0, 0.05) is 22.7 Å². The Bertz CT molecular complexity index is 603. The van der Waals surface area contributed by atoms with Crippen molar-refractivity contribution in [3.05, 3.63) is 59.4 Å². The van der Waals surface area contributed by atoms with Crippen LogP contribution in [0, 0.1) is 17.1 Å². The van der Waals surface area contributed by atoms with Crippen molar-refractivity contribution in [3.8, 4) is 6.07 Å². The second-order valence-electron chi connectivity index (χ2n) is 4.00. The molecule has 0 aliphatic carbocycles. The molecule has 2 nitrogen and oxygen atoms in total. The molecule has 0 bridgehead atoms. The van der Waals surface area contributed by atoms with Crippen molar-refractivity contribution < 1.29 is 4.39 Å². The average Bonchev–Trinajstić information content (AvgIpc) is 2.47. The molecule has 0 aliphatic heterocycles. The Morgan fingerprint density at radius 1 is 1.21 bits per heavy atom. The summed E-state index contributed by atoms with van der Waals surface area (Å²) in [7, 11) is 0. The topological polar surface area (TPSA) is 35.8 Å². The van der Waals surface area contributed by atoms with Gasteiger partial charge in [-0.3, -0.25) is 0 Å². The molecule has 2 aromatic carbocycles. The molecule has 1 N–H and O–H groups in total. The van der Waals surface area contributed by atoms with Crippen LogP contribution in [0.15, 0.2) is 47.4 Å². The predicted octanol–water partition coefficient (Wildman–Crippen LogP) is 4.03. The third-order valence-electron chi connectivity index (χ3n) is 2.75. The highest BCUT2D eigenvalue weighted by Gasteiger charge is 2.03. The highest BCUT2D eigenvalue weighted by atomic mass is 32.2. The van der Waals surface area contributed by atoms with E-state index in [0.717, 1.165) is 5.69 Å². The first-order chi connectivity index (χ1) is 9.22. The Balaban J connectivity index is 2.07. The van der Waals surface area contributed by atoms with Crippen LogP contribution >= 0.6 is 11.8 Å². The fourth-order valence-corrected chi connectivity index (χ4v) is 2.09. The molecule has 0 aliphatic rings. The Morgan fingerprint density at radius 2 is 1.95 bits per heavy atom. The van der Waals surface area contributed by atoms with Crippen LogP contribution in [0.4, 0.5) is 10.1 Å². The third kappa shape index (κ3) is 3.49. The van der Waals surface area contributed by atoms with Gasteiger partial charge < -0.3 is 5.32 Å². The number of hydrogen-bond donors (Lipinski definition) is 1. The maximum absolute atomic E-state index is 13.6. The summed E-state index contributed by atoms with van der Waals surface area (Å²) in [5.41, 5.74) is 1.89. The monoisotopic (exact) mass is 272 g/mol. The van der Waals surface area contributed by atoms with Crippen molar-refractivity contribution in [2.75, 3.05) is 11.6 Å². The second kappa shape index (κ2) is 6.26. The molecule has 0 heterocycles. The van der Waals surface area contributed by atoms with Crippen LogP contribution < -0.4 is 5.32 Å². The predicted molar refractivity (Wildman–Crippen MR) is 76.7 cm³/mol. The van der Waals surface area contributed by atoms with E-state index in [0.29, 0.717) is 17.7 Å². The number of thioether (sulfide) groups is 1. The summed E-state index contributed by atoms with van der Waals surface area (Å²) in [6, 6.07) is 14.3. The van der Waals surface area contributed by atoms with Crippen LogP contribution in [0.3, 0.4) is 0 Å². The SMILES string of the molecule is CSc1ccc(NCc2cc(C#N)ccc2F)cc1. The van der Waals surface area contributed by atoms with Crippen molar-refractivity contribution >= 4 is 17.4 Å². The number of anilines is 1. The molecular formula is C15H13FN2S. The zero-order valence-electron chi connectivity index (χ0n) is 10.5. The number of halogens is 1. The largest absolute Gasteiger partial charge is 0.381 e. The van der Waals surface area contributed by atoms with Gasteiger partial charge in [-0.05, 0) is 48.7 Å². The lowest BCUT2D eigenvalue weighted by molar-refractivity contribution is 0.612. The van der Waals surface area contributed by atoms with Gasteiger partial charge in [-0.15, -0.1) is 11.8 Å². The van der Waals surface area contributed by atoms with Crippen LogP contribution in [0.25, 0.3) is 0 Å². The van der Waals surface area contributed by atoms with Gasteiger partial charge in [0.05, 0.1) is 11.6 Å². The zero-order chi connectivity index (χ0) is 13.7. The molecular weight excluding hydrogens is 259 g/mol. The number of nitriles is 1. The molecule has 0 unspecified atom stereocenters. The van der Waals surface area contributed by atoms with Gasteiger partial charge in [0.25, 0.3) is 0 Å². The lowest BCUT2D eigenvalue weighted by Crippen LogP contribution is -2.02. The molecule has 0 radical (unpaired) electrons. The molecule has 0 amide bonds. The summed E-state index contributed by atoms with van der Waals surface area (Å²) in [4.78, 5) is 1.18.